The normalized spacial score (nSPS) is 31.4. The number of sulfone groups is 1. The van der Waals surface area contributed by atoms with Crippen molar-refractivity contribution in [1.29, 1.82) is 0 Å². The van der Waals surface area contributed by atoms with E-state index in [1.165, 1.54) is 11.9 Å². The second-order valence-electron chi connectivity index (χ2n) is 5.32. The molecule has 1 saturated heterocycles. The predicted molar refractivity (Wildman–Crippen MR) is 68.8 cm³/mol. The summed E-state index contributed by atoms with van der Waals surface area (Å²) >= 11 is 0. The summed E-state index contributed by atoms with van der Waals surface area (Å²) in [6.07, 6.45) is 1.34. The smallest absolute Gasteiger partial charge is 0.147 e. The molecule has 2 unspecified atom stereocenters. The third-order valence-electron chi connectivity index (χ3n) is 3.99. The fraction of sp³-hybridized carbons (Fsp3) is 0.538. The lowest BCUT2D eigenvalue weighted by Crippen LogP contribution is -2.25. The Labute approximate surface area is 102 Å². The lowest BCUT2D eigenvalue weighted by Gasteiger charge is -2.21. The zero-order chi connectivity index (χ0) is 12.0. The highest BCUT2D eigenvalue weighted by Crippen LogP contribution is 2.52. The topological polar surface area (TPSA) is 37.4 Å². The molecule has 2 atom stereocenters. The second kappa shape index (κ2) is 3.73. The molecular formula is C13H17NO2S. The summed E-state index contributed by atoms with van der Waals surface area (Å²) in [6, 6.07) is 10.4. The molecule has 1 aliphatic carbocycles. The minimum absolute atomic E-state index is 0.380. The first kappa shape index (κ1) is 11.1. The largest absolute Gasteiger partial charge is 0.371 e. The number of anilines is 1. The first-order valence-electron chi connectivity index (χ1n) is 6.02. The van der Waals surface area contributed by atoms with E-state index in [0.717, 1.165) is 13.1 Å². The Hall–Kier alpha value is -1.03. The van der Waals surface area contributed by atoms with E-state index in [4.69, 9.17) is 0 Å². The van der Waals surface area contributed by atoms with E-state index in [1.807, 2.05) is 18.2 Å². The number of rotatable bonds is 3. The molecule has 0 radical (unpaired) electrons. The first-order chi connectivity index (χ1) is 8.04. The Bertz CT molecular complexity index is 499. The van der Waals surface area contributed by atoms with Crippen molar-refractivity contribution in [3.8, 4) is 0 Å². The highest BCUT2D eigenvalue weighted by atomic mass is 32.2. The van der Waals surface area contributed by atoms with Gasteiger partial charge in [0.1, 0.15) is 9.84 Å². The van der Waals surface area contributed by atoms with Gasteiger partial charge in [0, 0.05) is 25.0 Å². The van der Waals surface area contributed by atoms with Crippen molar-refractivity contribution in [3.63, 3.8) is 0 Å². The molecule has 3 nitrogen and oxygen atoms in total. The molecule has 0 N–H and O–H groups in total. The van der Waals surface area contributed by atoms with Crippen molar-refractivity contribution in [2.24, 2.45) is 17.8 Å². The van der Waals surface area contributed by atoms with Gasteiger partial charge in [-0.3, -0.25) is 0 Å². The monoisotopic (exact) mass is 251 g/mol. The van der Waals surface area contributed by atoms with Gasteiger partial charge in [0.2, 0.25) is 0 Å². The average Bonchev–Trinajstić information content (AvgIpc) is 2.75. The standard InChI is InChI=1S/C13H17NO2S/c1-17(15,16)9-13-11-7-14(8-12(11)13)10-5-3-2-4-6-10/h2-6,11-13H,7-9H2,1H3. The van der Waals surface area contributed by atoms with Crippen molar-refractivity contribution < 1.29 is 8.42 Å². The van der Waals surface area contributed by atoms with Crippen molar-refractivity contribution in [2.75, 3.05) is 30.0 Å². The quantitative estimate of drug-likeness (QED) is 0.815. The number of nitrogens with zero attached hydrogens (tertiary/aromatic N) is 1. The Morgan fingerprint density at radius 2 is 1.76 bits per heavy atom. The first-order valence-corrected chi connectivity index (χ1v) is 8.08. The lowest BCUT2D eigenvalue weighted by atomic mass is 10.2. The molecule has 2 aliphatic rings. The average molecular weight is 251 g/mol. The highest BCUT2D eigenvalue weighted by Gasteiger charge is 2.56. The molecule has 0 aromatic heterocycles. The van der Waals surface area contributed by atoms with Crippen LogP contribution in [0.25, 0.3) is 0 Å². The van der Waals surface area contributed by atoms with Crippen LogP contribution in [0.2, 0.25) is 0 Å². The summed E-state index contributed by atoms with van der Waals surface area (Å²) in [4.78, 5) is 2.37. The number of fused-ring (bicyclic) bond motifs is 1. The third kappa shape index (κ3) is 2.18. The van der Waals surface area contributed by atoms with Gasteiger partial charge in [0.15, 0.2) is 0 Å². The molecule has 4 heteroatoms. The highest BCUT2D eigenvalue weighted by molar-refractivity contribution is 7.90. The minimum atomic E-state index is -2.80. The van der Waals surface area contributed by atoms with Crippen LogP contribution in [-0.4, -0.2) is 33.5 Å². The third-order valence-corrected chi connectivity index (χ3v) is 4.98. The maximum absolute atomic E-state index is 11.3. The fourth-order valence-corrected chi connectivity index (χ4v) is 4.29. The van der Waals surface area contributed by atoms with E-state index < -0.39 is 9.84 Å². The summed E-state index contributed by atoms with van der Waals surface area (Å²) in [5.74, 6) is 2.00. The molecule has 1 aliphatic heterocycles. The van der Waals surface area contributed by atoms with Crippen LogP contribution in [0.15, 0.2) is 30.3 Å². The molecule has 17 heavy (non-hydrogen) atoms. The van der Waals surface area contributed by atoms with Gasteiger partial charge in [-0.05, 0) is 29.9 Å². The van der Waals surface area contributed by atoms with Crippen molar-refractivity contribution >= 4 is 15.5 Å². The van der Waals surface area contributed by atoms with E-state index in [2.05, 4.69) is 17.0 Å². The van der Waals surface area contributed by atoms with E-state index in [9.17, 15) is 8.42 Å². The van der Waals surface area contributed by atoms with E-state index in [-0.39, 0.29) is 0 Å². The van der Waals surface area contributed by atoms with E-state index >= 15 is 0 Å². The van der Waals surface area contributed by atoms with Crippen molar-refractivity contribution in [3.05, 3.63) is 30.3 Å². The summed E-state index contributed by atoms with van der Waals surface area (Å²) in [7, 11) is -2.80. The molecule has 3 rings (SSSR count). The van der Waals surface area contributed by atoms with Gasteiger partial charge in [0.05, 0.1) is 5.75 Å². The molecule has 1 saturated carbocycles. The van der Waals surface area contributed by atoms with Crippen LogP contribution in [0.5, 0.6) is 0 Å². The van der Waals surface area contributed by atoms with E-state index in [1.54, 1.807) is 0 Å². The number of para-hydroxylation sites is 1. The van der Waals surface area contributed by atoms with Crippen molar-refractivity contribution in [1.82, 2.24) is 0 Å². The van der Waals surface area contributed by atoms with Crippen LogP contribution >= 0.6 is 0 Å². The Morgan fingerprint density at radius 1 is 1.18 bits per heavy atom. The van der Waals surface area contributed by atoms with Crippen LogP contribution in [0.1, 0.15) is 0 Å². The molecule has 1 aromatic rings. The maximum Gasteiger partial charge on any atom is 0.147 e. The van der Waals surface area contributed by atoms with Gasteiger partial charge in [-0.25, -0.2) is 8.42 Å². The molecule has 0 bridgehead atoms. The van der Waals surface area contributed by atoms with Crippen LogP contribution in [0.4, 0.5) is 5.69 Å². The maximum atomic E-state index is 11.3. The van der Waals surface area contributed by atoms with Gasteiger partial charge in [-0.2, -0.15) is 0 Å². The number of hydrogen-bond donors (Lipinski definition) is 0. The molecule has 0 spiro atoms. The van der Waals surface area contributed by atoms with E-state index in [0.29, 0.717) is 23.5 Å². The Kier molecular flexibility index (Phi) is 2.43. The lowest BCUT2D eigenvalue weighted by molar-refractivity contribution is 0.588. The van der Waals surface area contributed by atoms with Gasteiger partial charge in [0.25, 0.3) is 0 Å². The summed E-state index contributed by atoms with van der Waals surface area (Å²) < 4.78 is 22.5. The number of hydrogen-bond acceptors (Lipinski definition) is 3. The summed E-state index contributed by atoms with van der Waals surface area (Å²) in [5, 5.41) is 0. The van der Waals surface area contributed by atoms with Gasteiger partial charge in [-0.1, -0.05) is 18.2 Å². The van der Waals surface area contributed by atoms with Gasteiger partial charge in [-0.15, -0.1) is 0 Å². The number of benzene rings is 1. The van der Waals surface area contributed by atoms with Crippen LogP contribution in [-0.2, 0) is 9.84 Å². The Morgan fingerprint density at radius 3 is 2.29 bits per heavy atom. The second-order valence-corrected chi connectivity index (χ2v) is 7.51. The zero-order valence-corrected chi connectivity index (χ0v) is 10.7. The predicted octanol–water partition coefficient (Wildman–Crippen LogP) is 1.41. The Balaban J connectivity index is 1.62. The van der Waals surface area contributed by atoms with Crippen LogP contribution in [0, 0.1) is 17.8 Å². The number of piperidine rings is 1. The summed E-state index contributed by atoms with van der Waals surface area (Å²) in [5.41, 5.74) is 1.26. The fourth-order valence-electron chi connectivity index (χ4n) is 3.10. The SMILES string of the molecule is CS(=O)(=O)CC1C2CN(c3ccccc3)CC21. The molecule has 1 aromatic carbocycles. The van der Waals surface area contributed by atoms with Crippen LogP contribution in [0.3, 0.4) is 0 Å². The zero-order valence-electron chi connectivity index (χ0n) is 9.91. The molecule has 92 valence electrons. The van der Waals surface area contributed by atoms with Gasteiger partial charge >= 0.3 is 0 Å². The van der Waals surface area contributed by atoms with Gasteiger partial charge < -0.3 is 4.90 Å². The molecule has 2 fully saturated rings. The van der Waals surface area contributed by atoms with Crippen molar-refractivity contribution in [2.45, 2.75) is 0 Å². The summed E-state index contributed by atoms with van der Waals surface area (Å²) in [6.45, 7) is 2.05. The van der Waals surface area contributed by atoms with Crippen LogP contribution < -0.4 is 4.90 Å². The molecule has 1 heterocycles. The minimum Gasteiger partial charge on any atom is -0.371 e. The molecule has 0 amide bonds. The molecular weight excluding hydrogens is 234 g/mol.